The lowest BCUT2D eigenvalue weighted by Gasteiger charge is -2.11. The summed E-state index contributed by atoms with van der Waals surface area (Å²) < 4.78 is 1.41. The van der Waals surface area contributed by atoms with E-state index in [0.29, 0.717) is 37.6 Å². The van der Waals surface area contributed by atoms with Gasteiger partial charge in [0, 0.05) is 21.2 Å². The maximum Gasteiger partial charge on any atom is 0.356 e. The first-order valence-electron chi connectivity index (χ1n) is 7.36. The van der Waals surface area contributed by atoms with Crippen LogP contribution in [0.2, 0.25) is 15.1 Å². The van der Waals surface area contributed by atoms with E-state index < -0.39 is 5.97 Å². The molecule has 0 aliphatic carbocycles. The molecule has 1 N–H and O–H groups in total. The molecule has 0 fully saturated rings. The lowest BCUT2D eigenvalue weighted by atomic mass is 10.0. The van der Waals surface area contributed by atoms with E-state index in [1.165, 1.54) is 10.7 Å². The fourth-order valence-electron chi connectivity index (χ4n) is 2.60. The minimum atomic E-state index is -1.23. The number of hydrogen-bond donors (Lipinski definition) is 1. The SMILES string of the molecule is Cl.N#CCc1c(C(=O)O)nn(-c2ccc(Cl)cc2Cl)c1-c1ccc(Cl)cc1. The zero-order chi connectivity index (χ0) is 18.8. The van der Waals surface area contributed by atoms with Crippen molar-refractivity contribution >= 4 is 53.2 Å². The third kappa shape index (κ3) is 4.20. The van der Waals surface area contributed by atoms with Crippen molar-refractivity contribution in [2.75, 3.05) is 0 Å². The van der Waals surface area contributed by atoms with Gasteiger partial charge in [-0.2, -0.15) is 10.4 Å². The summed E-state index contributed by atoms with van der Waals surface area (Å²) in [5.74, 6) is -1.23. The van der Waals surface area contributed by atoms with Gasteiger partial charge in [0.25, 0.3) is 0 Å². The van der Waals surface area contributed by atoms with Crippen molar-refractivity contribution in [3.8, 4) is 23.0 Å². The summed E-state index contributed by atoms with van der Waals surface area (Å²) in [6.45, 7) is 0. The van der Waals surface area contributed by atoms with Crippen molar-refractivity contribution in [3.05, 3.63) is 68.8 Å². The van der Waals surface area contributed by atoms with Crippen LogP contribution in [0.1, 0.15) is 16.1 Å². The summed E-state index contributed by atoms with van der Waals surface area (Å²) in [5, 5.41) is 24.2. The van der Waals surface area contributed by atoms with Crippen LogP contribution in [0.15, 0.2) is 42.5 Å². The van der Waals surface area contributed by atoms with E-state index in [4.69, 9.17) is 40.1 Å². The molecule has 0 aliphatic rings. The highest BCUT2D eigenvalue weighted by Gasteiger charge is 2.25. The summed E-state index contributed by atoms with van der Waals surface area (Å²) in [5.41, 5.74) is 1.67. The molecule has 0 amide bonds. The third-order valence-corrected chi connectivity index (χ3v) is 4.49. The minimum Gasteiger partial charge on any atom is -0.476 e. The van der Waals surface area contributed by atoms with Crippen molar-refractivity contribution in [2.24, 2.45) is 0 Å². The van der Waals surface area contributed by atoms with Gasteiger partial charge in [-0.3, -0.25) is 0 Å². The highest BCUT2D eigenvalue weighted by atomic mass is 35.5. The summed E-state index contributed by atoms with van der Waals surface area (Å²) in [6, 6.07) is 13.6. The first-order valence-corrected chi connectivity index (χ1v) is 8.49. The number of aromatic nitrogens is 2. The number of carboxylic acids is 1. The second kappa shape index (κ2) is 8.64. The number of nitriles is 1. The van der Waals surface area contributed by atoms with Crippen LogP contribution in [0.4, 0.5) is 0 Å². The highest BCUT2D eigenvalue weighted by molar-refractivity contribution is 6.35. The fraction of sp³-hybridized carbons (Fsp3) is 0.0556. The fourth-order valence-corrected chi connectivity index (χ4v) is 3.21. The number of hydrogen-bond acceptors (Lipinski definition) is 3. The van der Waals surface area contributed by atoms with E-state index >= 15 is 0 Å². The number of benzene rings is 2. The van der Waals surface area contributed by atoms with Gasteiger partial charge in [0.15, 0.2) is 5.69 Å². The van der Waals surface area contributed by atoms with Gasteiger partial charge in [-0.15, -0.1) is 12.4 Å². The maximum atomic E-state index is 11.7. The number of carbonyl (C=O) groups is 1. The molecule has 138 valence electrons. The normalized spacial score (nSPS) is 10.1. The molecule has 0 spiro atoms. The summed E-state index contributed by atoms with van der Waals surface area (Å²) in [7, 11) is 0. The predicted octanol–water partition coefficient (Wildman–Crippen LogP) is 5.69. The van der Waals surface area contributed by atoms with E-state index in [-0.39, 0.29) is 24.5 Å². The summed E-state index contributed by atoms with van der Waals surface area (Å²) in [4.78, 5) is 11.7. The molecule has 2 aromatic carbocycles. The van der Waals surface area contributed by atoms with Crippen molar-refractivity contribution in [1.29, 1.82) is 5.26 Å². The molecule has 3 aromatic rings. The Kier molecular flexibility index (Phi) is 6.74. The molecule has 1 heterocycles. The van der Waals surface area contributed by atoms with Crippen LogP contribution in [0.3, 0.4) is 0 Å². The number of halogens is 4. The number of nitrogens with zero attached hydrogens (tertiary/aromatic N) is 3. The van der Waals surface area contributed by atoms with Gasteiger partial charge in [-0.1, -0.05) is 46.9 Å². The van der Waals surface area contributed by atoms with Gasteiger partial charge in [0.2, 0.25) is 0 Å². The molecule has 9 heteroatoms. The van der Waals surface area contributed by atoms with Crippen molar-refractivity contribution in [2.45, 2.75) is 6.42 Å². The number of rotatable bonds is 4. The third-order valence-electron chi connectivity index (χ3n) is 3.70. The van der Waals surface area contributed by atoms with Gasteiger partial charge in [0.05, 0.1) is 28.9 Å². The Labute approximate surface area is 176 Å². The number of aromatic carboxylic acids is 1. The standard InChI is InChI=1S/C18H10Cl3N3O2.ClH/c19-11-3-1-10(2-4-11)17-13(7-8-22)16(18(25)26)23-24(17)15-6-5-12(20)9-14(15)21;/h1-6,9H,7H2,(H,25,26);1H. The largest absolute Gasteiger partial charge is 0.476 e. The molecule has 5 nitrogen and oxygen atoms in total. The van der Waals surface area contributed by atoms with Crippen LogP contribution < -0.4 is 0 Å². The quantitative estimate of drug-likeness (QED) is 0.563. The Morgan fingerprint density at radius 2 is 1.74 bits per heavy atom. The van der Waals surface area contributed by atoms with Crippen LogP contribution in [0.25, 0.3) is 16.9 Å². The molecule has 1 aromatic heterocycles. The molecule has 0 bridgehead atoms. The Hall–Kier alpha value is -2.23. The van der Waals surface area contributed by atoms with Crippen LogP contribution >= 0.6 is 47.2 Å². The molecule has 0 saturated heterocycles. The van der Waals surface area contributed by atoms with Crippen molar-refractivity contribution in [1.82, 2.24) is 9.78 Å². The molecule has 0 unspecified atom stereocenters. The van der Waals surface area contributed by atoms with E-state index in [1.807, 2.05) is 6.07 Å². The Balaban J connectivity index is 0.00000261. The summed E-state index contributed by atoms with van der Waals surface area (Å²) in [6.07, 6.45) is -0.120. The molecule has 0 aliphatic heterocycles. The van der Waals surface area contributed by atoms with E-state index in [1.54, 1.807) is 36.4 Å². The second-order valence-electron chi connectivity index (χ2n) is 5.33. The molecule has 27 heavy (non-hydrogen) atoms. The topological polar surface area (TPSA) is 78.9 Å². The zero-order valence-corrected chi connectivity index (χ0v) is 16.6. The number of carboxylic acid groups (broad SMARTS) is 1. The molecule has 0 atom stereocenters. The van der Waals surface area contributed by atoms with Gasteiger partial charge in [0.1, 0.15) is 0 Å². The molecule has 3 rings (SSSR count). The van der Waals surface area contributed by atoms with Crippen LogP contribution in [0.5, 0.6) is 0 Å². The molecular weight excluding hydrogens is 432 g/mol. The predicted molar refractivity (Wildman–Crippen MR) is 108 cm³/mol. The van der Waals surface area contributed by atoms with E-state index in [2.05, 4.69) is 5.10 Å². The monoisotopic (exact) mass is 441 g/mol. The first kappa shape index (κ1) is 21.1. The van der Waals surface area contributed by atoms with Crippen LogP contribution in [-0.4, -0.2) is 20.9 Å². The molecule has 0 saturated carbocycles. The van der Waals surface area contributed by atoms with E-state index in [9.17, 15) is 9.90 Å². The van der Waals surface area contributed by atoms with Gasteiger partial charge in [-0.25, -0.2) is 9.48 Å². The first-order chi connectivity index (χ1) is 12.4. The van der Waals surface area contributed by atoms with Gasteiger partial charge in [-0.05, 0) is 30.3 Å². The second-order valence-corrected chi connectivity index (χ2v) is 6.61. The summed E-state index contributed by atoms with van der Waals surface area (Å²) >= 11 is 18.2. The Bertz CT molecular complexity index is 1040. The van der Waals surface area contributed by atoms with Gasteiger partial charge < -0.3 is 5.11 Å². The average molecular weight is 443 g/mol. The van der Waals surface area contributed by atoms with Crippen molar-refractivity contribution < 1.29 is 9.90 Å². The highest BCUT2D eigenvalue weighted by Crippen LogP contribution is 2.33. The van der Waals surface area contributed by atoms with E-state index in [0.717, 1.165) is 0 Å². The zero-order valence-electron chi connectivity index (χ0n) is 13.5. The smallest absolute Gasteiger partial charge is 0.356 e. The van der Waals surface area contributed by atoms with Gasteiger partial charge >= 0.3 is 5.97 Å². The average Bonchev–Trinajstić information content (AvgIpc) is 2.95. The Morgan fingerprint density at radius 1 is 1.11 bits per heavy atom. The maximum absolute atomic E-state index is 11.7. The van der Waals surface area contributed by atoms with Crippen molar-refractivity contribution in [3.63, 3.8) is 0 Å². The lowest BCUT2D eigenvalue weighted by molar-refractivity contribution is 0.0689. The lowest BCUT2D eigenvalue weighted by Crippen LogP contribution is -2.03. The van der Waals surface area contributed by atoms with Crippen LogP contribution in [0, 0.1) is 11.3 Å². The molecular formula is C18H11Cl4N3O2. The Morgan fingerprint density at radius 3 is 2.30 bits per heavy atom. The minimum absolute atomic E-state index is 0. The molecule has 0 radical (unpaired) electrons. The van der Waals surface area contributed by atoms with Crippen LogP contribution in [-0.2, 0) is 6.42 Å².